The maximum Gasteiger partial charge on any atom is 0.384 e. The van der Waals surface area contributed by atoms with Gasteiger partial charge in [-0.2, -0.15) is 0 Å². The summed E-state index contributed by atoms with van der Waals surface area (Å²) in [6.07, 6.45) is 0. The van der Waals surface area contributed by atoms with Crippen molar-refractivity contribution in [1.29, 1.82) is 0 Å². The van der Waals surface area contributed by atoms with E-state index in [1.165, 1.54) is 6.07 Å². The van der Waals surface area contributed by atoms with E-state index in [4.69, 9.17) is 0 Å². The lowest BCUT2D eigenvalue weighted by Gasteiger charge is -1.94. The third-order valence-electron chi connectivity index (χ3n) is 1.44. The van der Waals surface area contributed by atoms with Crippen molar-refractivity contribution in [1.82, 2.24) is 0 Å². The van der Waals surface area contributed by atoms with Gasteiger partial charge in [0.05, 0.1) is 12.7 Å². The third kappa shape index (κ3) is 2.30. The van der Waals surface area contributed by atoms with E-state index in [1.54, 1.807) is 0 Å². The Labute approximate surface area is 79.5 Å². The van der Waals surface area contributed by atoms with Gasteiger partial charge in [-0.05, 0) is 18.1 Å². The van der Waals surface area contributed by atoms with Crippen LogP contribution in [0.15, 0.2) is 18.2 Å². The van der Waals surface area contributed by atoms with Gasteiger partial charge < -0.3 is 4.74 Å². The predicted octanol–water partition coefficient (Wildman–Crippen LogP) is 1.49. The Kier molecular flexibility index (Phi) is 3.19. The highest BCUT2D eigenvalue weighted by molar-refractivity contribution is 5.89. The van der Waals surface area contributed by atoms with E-state index in [-0.39, 0.29) is 0 Å². The summed E-state index contributed by atoms with van der Waals surface area (Å²) in [5.74, 6) is 1.55. The number of ether oxygens (including phenoxy) is 1. The van der Waals surface area contributed by atoms with Crippen LogP contribution in [0.4, 0.5) is 8.78 Å². The highest BCUT2D eigenvalue weighted by Gasteiger charge is 2.04. The van der Waals surface area contributed by atoms with Gasteiger partial charge in [-0.1, -0.05) is 6.07 Å². The van der Waals surface area contributed by atoms with Crippen molar-refractivity contribution in [2.75, 3.05) is 7.11 Å². The minimum absolute atomic E-state index is 0.432. The van der Waals surface area contributed by atoms with Crippen LogP contribution in [0.3, 0.4) is 0 Å². The third-order valence-corrected chi connectivity index (χ3v) is 1.44. The Bertz CT molecular complexity index is 396. The van der Waals surface area contributed by atoms with Crippen molar-refractivity contribution < 1.29 is 18.3 Å². The van der Waals surface area contributed by atoms with Crippen LogP contribution in [0.1, 0.15) is 5.56 Å². The van der Waals surface area contributed by atoms with Crippen LogP contribution in [0, 0.1) is 23.5 Å². The summed E-state index contributed by atoms with van der Waals surface area (Å²) in [5.41, 5.74) is -0.432. The lowest BCUT2D eigenvalue weighted by molar-refractivity contribution is -0.133. The average molecular weight is 196 g/mol. The second-order valence-corrected chi connectivity index (χ2v) is 2.34. The molecule has 0 aliphatic heterocycles. The standard InChI is InChI=1S/C10H6F2O2/c1-14-10(13)6-5-7-8(11)3-2-4-9(7)12/h2-4H,1H3. The van der Waals surface area contributed by atoms with Crippen LogP contribution in [0.25, 0.3) is 0 Å². The number of hydrogen-bond acceptors (Lipinski definition) is 2. The molecular weight excluding hydrogens is 190 g/mol. The number of halogens is 2. The van der Waals surface area contributed by atoms with Crippen LogP contribution < -0.4 is 0 Å². The molecule has 0 aliphatic carbocycles. The molecule has 0 aromatic heterocycles. The molecule has 0 spiro atoms. The van der Waals surface area contributed by atoms with Crippen molar-refractivity contribution in [3.05, 3.63) is 35.4 Å². The molecule has 0 heterocycles. The predicted molar refractivity (Wildman–Crippen MR) is 45.3 cm³/mol. The van der Waals surface area contributed by atoms with Crippen LogP contribution >= 0.6 is 0 Å². The van der Waals surface area contributed by atoms with E-state index < -0.39 is 23.2 Å². The molecule has 4 heteroatoms. The summed E-state index contributed by atoms with van der Waals surface area (Å²) in [7, 11) is 1.13. The van der Waals surface area contributed by atoms with E-state index in [2.05, 4.69) is 10.7 Å². The van der Waals surface area contributed by atoms with Gasteiger partial charge in [-0.15, -0.1) is 0 Å². The second-order valence-electron chi connectivity index (χ2n) is 2.34. The molecule has 1 rings (SSSR count). The quantitative estimate of drug-likeness (QED) is 0.464. The number of esters is 1. The first-order valence-electron chi connectivity index (χ1n) is 3.69. The molecule has 0 N–H and O–H groups in total. The fourth-order valence-corrected chi connectivity index (χ4v) is 0.782. The molecule has 0 unspecified atom stereocenters. The van der Waals surface area contributed by atoms with E-state index >= 15 is 0 Å². The van der Waals surface area contributed by atoms with E-state index in [0.29, 0.717) is 0 Å². The summed E-state index contributed by atoms with van der Waals surface area (Å²) in [6, 6.07) is 3.34. The van der Waals surface area contributed by atoms with Crippen LogP contribution in [-0.4, -0.2) is 13.1 Å². The maximum atomic E-state index is 12.9. The molecule has 0 radical (unpaired) electrons. The monoisotopic (exact) mass is 196 g/mol. The van der Waals surface area contributed by atoms with Gasteiger partial charge in [0, 0.05) is 5.92 Å². The van der Waals surface area contributed by atoms with Gasteiger partial charge in [0.25, 0.3) is 0 Å². The number of rotatable bonds is 0. The highest BCUT2D eigenvalue weighted by atomic mass is 19.1. The van der Waals surface area contributed by atoms with Crippen molar-refractivity contribution >= 4 is 5.97 Å². The largest absolute Gasteiger partial charge is 0.459 e. The molecule has 0 atom stereocenters. The first-order chi connectivity index (χ1) is 6.65. The Balaban J connectivity index is 3.06. The van der Waals surface area contributed by atoms with Gasteiger partial charge in [-0.25, -0.2) is 13.6 Å². The Morgan fingerprint density at radius 1 is 1.36 bits per heavy atom. The van der Waals surface area contributed by atoms with E-state index in [1.807, 2.05) is 5.92 Å². The molecule has 72 valence electrons. The smallest absolute Gasteiger partial charge is 0.384 e. The Hall–Kier alpha value is -1.89. The van der Waals surface area contributed by atoms with Gasteiger partial charge in [0.1, 0.15) is 11.6 Å². The Morgan fingerprint density at radius 3 is 2.43 bits per heavy atom. The molecule has 0 bridgehead atoms. The number of carbonyl (C=O) groups is 1. The SMILES string of the molecule is COC(=O)C#Cc1c(F)cccc1F. The zero-order valence-corrected chi connectivity index (χ0v) is 7.30. The minimum Gasteiger partial charge on any atom is -0.459 e. The van der Waals surface area contributed by atoms with Crippen LogP contribution in [0.5, 0.6) is 0 Å². The molecule has 14 heavy (non-hydrogen) atoms. The molecular formula is C10H6F2O2. The fraction of sp³-hybridized carbons (Fsp3) is 0.100. The maximum absolute atomic E-state index is 12.9. The topological polar surface area (TPSA) is 26.3 Å². The lowest BCUT2D eigenvalue weighted by Crippen LogP contribution is -1.96. The summed E-state index contributed by atoms with van der Waals surface area (Å²) in [6.45, 7) is 0. The zero-order valence-electron chi connectivity index (χ0n) is 7.30. The molecule has 0 amide bonds. The fourth-order valence-electron chi connectivity index (χ4n) is 0.782. The van der Waals surface area contributed by atoms with Crippen molar-refractivity contribution in [3.8, 4) is 11.8 Å². The molecule has 0 aliphatic rings. The summed E-state index contributed by atoms with van der Waals surface area (Å²) >= 11 is 0. The molecule has 0 saturated heterocycles. The second kappa shape index (κ2) is 4.38. The summed E-state index contributed by atoms with van der Waals surface area (Å²) in [5, 5.41) is 0. The van der Waals surface area contributed by atoms with Crippen LogP contribution in [0.2, 0.25) is 0 Å². The first kappa shape index (κ1) is 10.2. The highest BCUT2D eigenvalue weighted by Crippen LogP contribution is 2.09. The van der Waals surface area contributed by atoms with Gasteiger partial charge in [0.15, 0.2) is 0 Å². The van der Waals surface area contributed by atoms with Crippen molar-refractivity contribution in [3.63, 3.8) is 0 Å². The molecule has 0 saturated carbocycles. The van der Waals surface area contributed by atoms with E-state index in [9.17, 15) is 13.6 Å². The molecule has 1 aromatic rings. The van der Waals surface area contributed by atoms with E-state index in [0.717, 1.165) is 19.2 Å². The van der Waals surface area contributed by atoms with Crippen molar-refractivity contribution in [2.45, 2.75) is 0 Å². The molecule has 1 aromatic carbocycles. The number of benzene rings is 1. The van der Waals surface area contributed by atoms with Crippen molar-refractivity contribution in [2.24, 2.45) is 0 Å². The van der Waals surface area contributed by atoms with Gasteiger partial charge in [-0.3, -0.25) is 0 Å². The minimum atomic E-state index is -0.840. The Morgan fingerprint density at radius 2 is 1.93 bits per heavy atom. The number of methoxy groups -OCH3 is 1. The first-order valence-corrected chi connectivity index (χ1v) is 3.69. The summed E-state index contributed by atoms with van der Waals surface area (Å²) < 4.78 is 30.0. The summed E-state index contributed by atoms with van der Waals surface area (Å²) in [4.78, 5) is 10.6. The van der Waals surface area contributed by atoms with Gasteiger partial charge >= 0.3 is 5.97 Å². The number of carbonyl (C=O) groups excluding carboxylic acids is 1. The number of hydrogen-bond donors (Lipinski definition) is 0. The molecule has 2 nitrogen and oxygen atoms in total. The zero-order chi connectivity index (χ0) is 10.6. The van der Waals surface area contributed by atoms with Gasteiger partial charge in [0.2, 0.25) is 0 Å². The molecule has 0 fully saturated rings. The average Bonchev–Trinajstić information content (AvgIpc) is 2.16. The van der Waals surface area contributed by atoms with Crippen LogP contribution in [-0.2, 0) is 9.53 Å². The lowest BCUT2D eigenvalue weighted by atomic mass is 10.2. The normalized spacial score (nSPS) is 8.79.